The van der Waals surface area contributed by atoms with Crippen molar-refractivity contribution in [3.63, 3.8) is 0 Å². The van der Waals surface area contributed by atoms with Gasteiger partial charge >= 0.3 is 18.6 Å². The molecule has 1 aliphatic heterocycles. The molecule has 2 unspecified atom stereocenters. The van der Waals surface area contributed by atoms with E-state index < -0.39 is 36.5 Å². The molecule has 58 heavy (non-hydrogen) atoms. The molecule has 0 N–H and O–H groups in total. The smallest absolute Gasteiger partial charge is 0.387 e. The summed E-state index contributed by atoms with van der Waals surface area (Å²) in [6, 6.07) is 16.1. The molecule has 310 valence electrons. The lowest BCUT2D eigenvalue weighted by Crippen LogP contribution is -2.46. The summed E-state index contributed by atoms with van der Waals surface area (Å²) in [5.41, 5.74) is 1.87. The van der Waals surface area contributed by atoms with Crippen molar-refractivity contribution in [2.75, 3.05) is 38.2 Å². The molecule has 0 radical (unpaired) electrons. The SMILES string of the molecule is CCN1CCC(C)[C@@H](OC(=O)C(c2ccccc2F)N(C)c2cccc(CC(=O)O[C@@H](Cc3c(Cl)c[n+]([O-])cc3Cl)c3ccc(OC(F)F)c(OCC4CC4)c3)c2)C1. The van der Waals surface area contributed by atoms with E-state index in [1.807, 2.05) is 6.92 Å². The number of hydrogen-bond donors (Lipinski definition) is 0. The highest BCUT2D eigenvalue weighted by Crippen LogP contribution is 2.38. The number of halogens is 5. The van der Waals surface area contributed by atoms with Crippen molar-refractivity contribution in [3.05, 3.63) is 122 Å². The van der Waals surface area contributed by atoms with Crippen LogP contribution < -0.4 is 19.1 Å². The van der Waals surface area contributed by atoms with E-state index in [9.17, 15) is 23.6 Å². The Bertz CT molecular complexity index is 2050. The number of ether oxygens (including phenoxy) is 4. The number of rotatable bonds is 17. The molecular weight excluding hydrogens is 798 g/mol. The summed E-state index contributed by atoms with van der Waals surface area (Å²) >= 11 is 12.8. The van der Waals surface area contributed by atoms with Crippen LogP contribution in [0.3, 0.4) is 0 Å². The molecule has 0 bridgehead atoms. The highest BCUT2D eigenvalue weighted by Gasteiger charge is 2.35. The maximum absolute atomic E-state index is 15.4. The summed E-state index contributed by atoms with van der Waals surface area (Å²) in [7, 11) is 1.66. The number of anilines is 1. The quantitative estimate of drug-likeness (QED) is 0.0587. The Labute approximate surface area is 345 Å². The molecule has 1 saturated carbocycles. The van der Waals surface area contributed by atoms with Gasteiger partial charge in [0.25, 0.3) is 0 Å². The van der Waals surface area contributed by atoms with Crippen LogP contribution in [-0.4, -0.2) is 62.8 Å². The first-order valence-corrected chi connectivity index (χ1v) is 20.0. The molecule has 2 heterocycles. The van der Waals surface area contributed by atoms with Gasteiger partial charge in [-0.25, -0.2) is 9.18 Å². The zero-order valence-electron chi connectivity index (χ0n) is 32.4. The van der Waals surface area contributed by atoms with Gasteiger partial charge in [0.15, 0.2) is 29.9 Å². The second-order valence-electron chi connectivity index (χ2n) is 14.8. The minimum atomic E-state index is -3.10. The second-order valence-corrected chi connectivity index (χ2v) is 15.6. The number of carbonyl (C=O) groups excluding carboxylic acids is 2. The second kappa shape index (κ2) is 19.4. The van der Waals surface area contributed by atoms with Crippen LogP contribution in [0.4, 0.5) is 18.9 Å². The standard InChI is InChI=1S/C43H46Cl2F3N3O7/c1-4-50-17-16-26(2)39(24-50)57-42(53)41(31-10-5-6-11-35(31)46)49(3)30-9-7-8-28(18-30)19-40(52)56-37(21-32-33(44)22-51(54)23-34(32)45)29-14-15-36(58-43(47)48)38(20-29)55-25-27-12-13-27/h5-11,14-15,18,20,22-23,26-27,37,39,41,43H,4,12-13,16-17,19,21,24-25H2,1-3H3/t26?,37-,39-,41?/m0/s1. The van der Waals surface area contributed by atoms with Gasteiger partial charge in [0.2, 0.25) is 0 Å². The molecule has 4 aromatic rings. The van der Waals surface area contributed by atoms with E-state index in [0.29, 0.717) is 46.2 Å². The summed E-state index contributed by atoms with van der Waals surface area (Å²) in [5, 5.41) is 12.1. The topological polar surface area (TPSA) is 104 Å². The average Bonchev–Trinajstić information content (AvgIpc) is 4.02. The first-order valence-electron chi connectivity index (χ1n) is 19.3. The van der Waals surface area contributed by atoms with Crippen molar-refractivity contribution in [2.24, 2.45) is 11.8 Å². The van der Waals surface area contributed by atoms with Crippen LogP contribution >= 0.6 is 23.2 Å². The van der Waals surface area contributed by atoms with E-state index in [1.165, 1.54) is 24.3 Å². The molecule has 0 spiro atoms. The molecule has 1 aromatic heterocycles. The monoisotopic (exact) mass is 843 g/mol. The number of likely N-dealkylation sites (N-methyl/N-ethyl adjacent to an activating group) is 2. The Balaban J connectivity index is 1.25. The fraction of sp³-hybridized carbons (Fsp3) is 0.419. The van der Waals surface area contributed by atoms with Crippen LogP contribution in [0.15, 0.2) is 79.1 Å². The first-order chi connectivity index (χ1) is 27.8. The highest BCUT2D eigenvalue weighted by molar-refractivity contribution is 6.35. The van der Waals surface area contributed by atoms with Gasteiger partial charge in [0.05, 0.1) is 13.0 Å². The van der Waals surface area contributed by atoms with Crippen LogP contribution in [0.5, 0.6) is 11.5 Å². The van der Waals surface area contributed by atoms with Gasteiger partial charge in [-0.05, 0) is 85.6 Å². The number of carbonyl (C=O) groups is 2. The van der Waals surface area contributed by atoms with Crippen molar-refractivity contribution in [1.29, 1.82) is 0 Å². The molecule has 10 nitrogen and oxygen atoms in total. The number of piperidine rings is 1. The summed E-state index contributed by atoms with van der Waals surface area (Å²) in [6.45, 7) is 3.61. The molecule has 4 atom stereocenters. The lowest BCUT2D eigenvalue weighted by Gasteiger charge is -2.37. The summed E-state index contributed by atoms with van der Waals surface area (Å²) in [6.07, 6.45) is 3.28. The summed E-state index contributed by atoms with van der Waals surface area (Å²) in [4.78, 5) is 31.6. The molecule has 1 aliphatic carbocycles. The third-order valence-corrected chi connectivity index (χ3v) is 11.3. The van der Waals surface area contributed by atoms with Crippen LogP contribution in [0.2, 0.25) is 10.0 Å². The maximum Gasteiger partial charge on any atom is 0.387 e. The third-order valence-electron chi connectivity index (χ3n) is 10.6. The number of hydrogen-bond acceptors (Lipinski definition) is 9. The summed E-state index contributed by atoms with van der Waals surface area (Å²) in [5.74, 6) is -1.53. The Morgan fingerprint density at radius 1 is 1.00 bits per heavy atom. The average molecular weight is 845 g/mol. The number of nitrogens with zero attached hydrogens (tertiary/aromatic N) is 3. The molecule has 2 fully saturated rings. The number of pyridine rings is 1. The van der Waals surface area contributed by atoms with Gasteiger partial charge in [-0.2, -0.15) is 13.5 Å². The lowest BCUT2D eigenvalue weighted by molar-refractivity contribution is -0.605. The number of benzene rings is 3. The number of aromatic nitrogens is 1. The van der Waals surface area contributed by atoms with Gasteiger partial charge in [0, 0.05) is 36.8 Å². The Morgan fingerprint density at radius 2 is 1.74 bits per heavy atom. The van der Waals surface area contributed by atoms with Crippen molar-refractivity contribution >= 4 is 40.8 Å². The minimum absolute atomic E-state index is 0.0331. The van der Waals surface area contributed by atoms with E-state index in [2.05, 4.69) is 11.8 Å². The van der Waals surface area contributed by atoms with Crippen molar-refractivity contribution in [1.82, 2.24) is 4.90 Å². The van der Waals surface area contributed by atoms with Crippen LogP contribution in [0.1, 0.15) is 67.5 Å². The van der Waals surface area contributed by atoms with Crippen molar-refractivity contribution in [2.45, 2.75) is 70.8 Å². The van der Waals surface area contributed by atoms with Crippen molar-refractivity contribution in [3.8, 4) is 11.5 Å². The van der Waals surface area contributed by atoms with E-state index in [4.69, 9.17) is 42.1 Å². The Morgan fingerprint density at radius 3 is 2.43 bits per heavy atom. The zero-order valence-corrected chi connectivity index (χ0v) is 33.9. The Hall–Kier alpha value is -4.72. The molecule has 1 saturated heterocycles. The molecule has 6 rings (SSSR count). The Kier molecular flexibility index (Phi) is 14.3. The van der Waals surface area contributed by atoms with E-state index in [-0.39, 0.29) is 52.0 Å². The van der Waals surface area contributed by atoms with Gasteiger partial charge in [-0.1, -0.05) is 73.4 Å². The van der Waals surface area contributed by atoms with Gasteiger partial charge in [-0.3, -0.25) is 9.69 Å². The van der Waals surface area contributed by atoms with Crippen LogP contribution in [-0.2, 0) is 31.9 Å². The predicted molar refractivity (Wildman–Crippen MR) is 213 cm³/mol. The van der Waals surface area contributed by atoms with Gasteiger partial charge < -0.3 is 29.1 Å². The molecule has 0 amide bonds. The van der Waals surface area contributed by atoms with E-state index in [1.54, 1.807) is 54.4 Å². The van der Waals surface area contributed by atoms with Crippen molar-refractivity contribution < 1.29 is 46.4 Å². The van der Waals surface area contributed by atoms with Gasteiger partial charge in [-0.15, -0.1) is 0 Å². The van der Waals surface area contributed by atoms with Crippen LogP contribution in [0.25, 0.3) is 0 Å². The fourth-order valence-electron chi connectivity index (χ4n) is 7.01. The molecule has 15 heteroatoms. The fourth-order valence-corrected chi connectivity index (χ4v) is 7.60. The maximum atomic E-state index is 15.4. The zero-order chi connectivity index (χ0) is 41.5. The number of esters is 2. The molecule has 3 aromatic carbocycles. The summed E-state index contributed by atoms with van der Waals surface area (Å²) < 4.78 is 65.2. The number of likely N-dealkylation sites (tertiary alicyclic amines) is 1. The first kappa shape index (κ1) is 42.9. The van der Waals surface area contributed by atoms with Gasteiger partial charge in [0.1, 0.15) is 28.1 Å². The third kappa shape index (κ3) is 11.1. The predicted octanol–water partition coefficient (Wildman–Crippen LogP) is 8.68. The number of alkyl halides is 2. The van der Waals surface area contributed by atoms with Crippen LogP contribution in [0, 0.1) is 22.9 Å². The molecule has 2 aliphatic rings. The molecular formula is C43H46Cl2F3N3O7. The van der Waals surface area contributed by atoms with E-state index in [0.717, 1.165) is 44.7 Å². The highest BCUT2D eigenvalue weighted by atomic mass is 35.5. The minimum Gasteiger partial charge on any atom is -0.619 e. The normalized spacial score (nSPS) is 18.0. The largest absolute Gasteiger partial charge is 0.619 e. The lowest BCUT2D eigenvalue weighted by atomic mass is 9.95. The van der Waals surface area contributed by atoms with E-state index >= 15 is 4.39 Å².